The first-order valence-corrected chi connectivity index (χ1v) is 6.82. The van der Waals surface area contributed by atoms with E-state index in [0.717, 1.165) is 25.3 Å². The van der Waals surface area contributed by atoms with E-state index in [-0.39, 0.29) is 12.8 Å². The average Bonchev–Trinajstić information content (AvgIpc) is 2.90. The van der Waals surface area contributed by atoms with Crippen LogP contribution in [0.25, 0.3) is 0 Å². The van der Waals surface area contributed by atoms with Gasteiger partial charge in [-0.3, -0.25) is 14.4 Å². The Labute approximate surface area is 137 Å². The molecule has 9 heteroatoms. The molecule has 2 atom stereocenters. The van der Waals surface area contributed by atoms with Crippen molar-refractivity contribution in [1.29, 1.82) is 0 Å². The molecule has 0 radical (unpaired) electrons. The molecule has 0 aliphatic heterocycles. The predicted molar refractivity (Wildman–Crippen MR) is 76.3 cm³/mol. The lowest BCUT2D eigenvalue weighted by Gasteiger charge is -2.18. The Morgan fingerprint density at radius 3 is 2.21 bits per heavy atom. The van der Waals surface area contributed by atoms with E-state index in [1.807, 2.05) is 0 Å². The zero-order valence-electron chi connectivity index (χ0n) is 13.1. The van der Waals surface area contributed by atoms with Crippen molar-refractivity contribution in [2.75, 3.05) is 14.2 Å². The second kappa shape index (κ2) is 9.23. The third-order valence-electron chi connectivity index (χ3n) is 2.86. The number of carbonyl (C=O) groups is 5. The highest BCUT2D eigenvalue weighted by molar-refractivity contribution is 5.99. The summed E-state index contributed by atoms with van der Waals surface area (Å²) in [5, 5.41) is 0. The highest BCUT2D eigenvalue weighted by atomic mass is 16.6. The molecular weight excluding hydrogens is 324 g/mol. The van der Waals surface area contributed by atoms with E-state index in [1.165, 1.54) is 13.2 Å². The maximum Gasteiger partial charge on any atom is 0.331 e. The van der Waals surface area contributed by atoms with Crippen LogP contribution in [0.3, 0.4) is 0 Å². The van der Waals surface area contributed by atoms with E-state index < -0.39 is 41.9 Å². The standard InChI is InChI=1S/C15H16O9/c1-21-11(17)5-7-13(19)23-10-4-3-9(16)15(10)24-14(20)8-6-12(18)22-2/h3-5,7,10,15H,6,8H2,1-2H3/b7-5+. The molecule has 0 fully saturated rings. The van der Waals surface area contributed by atoms with Crippen molar-refractivity contribution in [1.82, 2.24) is 0 Å². The summed E-state index contributed by atoms with van der Waals surface area (Å²) in [4.78, 5) is 56.7. The minimum Gasteiger partial charge on any atom is -0.469 e. The fraction of sp³-hybridized carbons (Fsp3) is 0.400. The maximum atomic E-state index is 11.7. The first-order valence-electron chi connectivity index (χ1n) is 6.82. The lowest BCUT2D eigenvalue weighted by molar-refractivity contribution is -0.164. The van der Waals surface area contributed by atoms with Gasteiger partial charge in [0, 0.05) is 12.2 Å². The van der Waals surface area contributed by atoms with Crippen molar-refractivity contribution in [3.63, 3.8) is 0 Å². The van der Waals surface area contributed by atoms with Crippen LogP contribution < -0.4 is 0 Å². The van der Waals surface area contributed by atoms with Crippen molar-refractivity contribution in [2.24, 2.45) is 0 Å². The Bertz CT molecular complexity index is 588. The van der Waals surface area contributed by atoms with Crippen molar-refractivity contribution < 1.29 is 42.9 Å². The van der Waals surface area contributed by atoms with Gasteiger partial charge in [-0.25, -0.2) is 9.59 Å². The normalized spacial score (nSPS) is 19.2. The molecule has 130 valence electrons. The Balaban J connectivity index is 2.56. The summed E-state index contributed by atoms with van der Waals surface area (Å²) >= 11 is 0. The zero-order valence-corrected chi connectivity index (χ0v) is 13.1. The van der Waals surface area contributed by atoms with Crippen LogP contribution in [0.5, 0.6) is 0 Å². The Morgan fingerprint density at radius 1 is 0.958 bits per heavy atom. The molecule has 0 N–H and O–H groups in total. The largest absolute Gasteiger partial charge is 0.469 e. The van der Waals surface area contributed by atoms with Crippen LogP contribution in [-0.2, 0) is 42.9 Å². The molecule has 1 rings (SSSR count). The number of rotatable bonds is 7. The fourth-order valence-electron chi connectivity index (χ4n) is 1.66. The van der Waals surface area contributed by atoms with Crippen LogP contribution in [0.15, 0.2) is 24.3 Å². The molecule has 0 aromatic rings. The Kier molecular flexibility index (Phi) is 7.34. The summed E-state index contributed by atoms with van der Waals surface area (Å²) in [6, 6.07) is 0. The minimum absolute atomic E-state index is 0.198. The van der Waals surface area contributed by atoms with Gasteiger partial charge in [0.05, 0.1) is 27.1 Å². The van der Waals surface area contributed by atoms with Crippen LogP contribution in [-0.4, -0.2) is 56.1 Å². The first kappa shape index (κ1) is 19.1. The molecule has 9 nitrogen and oxygen atoms in total. The second-order valence-electron chi connectivity index (χ2n) is 4.51. The smallest absolute Gasteiger partial charge is 0.331 e. The summed E-state index contributed by atoms with van der Waals surface area (Å²) in [5.41, 5.74) is 0. The maximum absolute atomic E-state index is 11.7. The zero-order chi connectivity index (χ0) is 18.1. The van der Waals surface area contributed by atoms with Gasteiger partial charge in [0.2, 0.25) is 6.10 Å². The summed E-state index contributed by atoms with van der Waals surface area (Å²) in [6.07, 6.45) is 1.11. The number of methoxy groups -OCH3 is 2. The topological polar surface area (TPSA) is 122 Å². The van der Waals surface area contributed by atoms with Gasteiger partial charge in [-0.15, -0.1) is 0 Å². The van der Waals surface area contributed by atoms with Crippen LogP contribution in [0, 0.1) is 0 Å². The van der Waals surface area contributed by atoms with Gasteiger partial charge in [-0.05, 0) is 12.2 Å². The predicted octanol–water partition coefficient (Wildman–Crippen LogP) is -0.369. The van der Waals surface area contributed by atoms with Crippen LogP contribution in [0.4, 0.5) is 0 Å². The number of carbonyl (C=O) groups excluding carboxylic acids is 5. The van der Waals surface area contributed by atoms with Gasteiger partial charge in [-0.2, -0.15) is 0 Å². The lowest BCUT2D eigenvalue weighted by Crippen LogP contribution is -2.35. The number of hydrogen-bond donors (Lipinski definition) is 0. The second-order valence-corrected chi connectivity index (χ2v) is 4.51. The number of ether oxygens (including phenoxy) is 4. The van der Waals surface area contributed by atoms with E-state index in [4.69, 9.17) is 9.47 Å². The van der Waals surface area contributed by atoms with Gasteiger partial charge in [0.1, 0.15) is 0 Å². The molecule has 2 unspecified atom stereocenters. The molecule has 0 amide bonds. The molecule has 24 heavy (non-hydrogen) atoms. The van der Waals surface area contributed by atoms with Gasteiger partial charge < -0.3 is 18.9 Å². The molecule has 1 aliphatic rings. The minimum atomic E-state index is -1.33. The highest BCUT2D eigenvalue weighted by Gasteiger charge is 2.36. The van der Waals surface area contributed by atoms with E-state index in [1.54, 1.807) is 0 Å². The third-order valence-corrected chi connectivity index (χ3v) is 2.86. The summed E-state index contributed by atoms with van der Waals surface area (Å²) in [7, 11) is 2.32. The number of ketones is 1. The first-order chi connectivity index (χ1) is 11.4. The molecule has 1 aliphatic carbocycles. The fourth-order valence-corrected chi connectivity index (χ4v) is 1.66. The Hall–Kier alpha value is -2.97. The molecular formula is C15H16O9. The quantitative estimate of drug-likeness (QED) is 0.347. The van der Waals surface area contributed by atoms with E-state index in [9.17, 15) is 24.0 Å². The SMILES string of the molecule is COC(=O)/C=C/C(=O)OC1C=CC(=O)C1OC(=O)CCC(=O)OC. The highest BCUT2D eigenvalue weighted by Crippen LogP contribution is 2.17. The number of hydrogen-bond acceptors (Lipinski definition) is 9. The van der Waals surface area contributed by atoms with Gasteiger partial charge >= 0.3 is 23.9 Å². The van der Waals surface area contributed by atoms with E-state index >= 15 is 0 Å². The molecule has 0 saturated heterocycles. The van der Waals surface area contributed by atoms with Crippen molar-refractivity contribution in [3.8, 4) is 0 Å². The lowest BCUT2D eigenvalue weighted by atomic mass is 10.2. The molecule has 0 saturated carbocycles. The monoisotopic (exact) mass is 340 g/mol. The van der Waals surface area contributed by atoms with Crippen molar-refractivity contribution in [3.05, 3.63) is 24.3 Å². The van der Waals surface area contributed by atoms with Crippen LogP contribution >= 0.6 is 0 Å². The molecule has 0 spiro atoms. The van der Waals surface area contributed by atoms with Gasteiger partial charge in [0.15, 0.2) is 11.9 Å². The average molecular weight is 340 g/mol. The van der Waals surface area contributed by atoms with Crippen LogP contribution in [0.2, 0.25) is 0 Å². The van der Waals surface area contributed by atoms with E-state index in [2.05, 4.69) is 9.47 Å². The summed E-state index contributed by atoms with van der Waals surface area (Å²) < 4.78 is 18.5. The van der Waals surface area contributed by atoms with E-state index in [0.29, 0.717) is 0 Å². The summed E-state index contributed by atoms with van der Waals surface area (Å²) in [5.74, 6) is -3.64. The summed E-state index contributed by atoms with van der Waals surface area (Å²) in [6.45, 7) is 0. The molecule has 0 aromatic heterocycles. The molecule has 0 heterocycles. The van der Waals surface area contributed by atoms with Crippen LogP contribution in [0.1, 0.15) is 12.8 Å². The third kappa shape index (κ3) is 6.03. The van der Waals surface area contributed by atoms with Crippen molar-refractivity contribution in [2.45, 2.75) is 25.0 Å². The molecule has 0 aromatic carbocycles. The Morgan fingerprint density at radius 2 is 1.58 bits per heavy atom. The molecule has 0 bridgehead atoms. The van der Waals surface area contributed by atoms with Crippen molar-refractivity contribution >= 4 is 29.7 Å². The number of esters is 4. The van der Waals surface area contributed by atoms with Gasteiger partial charge in [-0.1, -0.05) is 0 Å². The van der Waals surface area contributed by atoms with Gasteiger partial charge in [0.25, 0.3) is 0 Å².